The van der Waals surface area contributed by atoms with E-state index in [0.29, 0.717) is 11.8 Å². The molecular weight excluding hydrogens is 237 g/mol. The van der Waals surface area contributed by atoms with Gasteiger partial charge >= 0.3 is 0 Å². The van der Waals surface area contributed by atoms with Crippen LogP contribution in [-0.2, 0) is 0 Å². The van der Waals surface area contributed by atoms with Crippen LogP contribution in [0.3, 0.4) is 0 Å². The predicted molar refractivity (Wildman–Crippen MR) is 78.7 cm³/mol. The second kappa shape index (κ2) is 6.51. The summed E-state index contributed by atoms with van der Waals surface area (Å²) in [7, 11) is 0. The highest BCUT2D eigenvalue weighted by atomic mass is 19.1. The molecule has 19 heavy (non-hydrogen) atoms. The lowest BCUT2D eigenvalue weighted by atomic mass is 9.70. The van der Waals surface area contributed by atoms with E-state index < -0.39 is 0 Å². The lowest BCUT2D eigenvalue weighted by Crippen LogP contribution is -2.29. The normalized spacial score (nSPS) is 27.5. The minimum atomic E-state index is -0.103. The van der Waals surface area contributed by atoms with Gasteiger partial charge in [0.1, 0.15) is 5.82 Å². The number of benzene rings is 1. The third-order valence-corrected chi connectivity index (χ3v) is 4.71. The highest BCUT2D eigenvalue weighted by Crippen LogP contribution is 2.42. The maximum Gasteiger partial charge on any atom is 0.126 e. The van der Waals surface area contributed by atoms with Crippen molar-refractivity contribution in [3.63, 3.8) is 0 Å². The Morgan fingerprint density at radius 2 is 2.11 bits per heavy atom. The molecule has 1 fully saturated rings. The predicted octanol–water partition coefficient (Wildman–Crippen LogP) is 4.39. The Labute approximate surface area is 116 Å². The number of halogens is 1. The lowest BCUT2D eigenvalue weighted by molar-refractivity contribution is 0.230. The third-order valence-electron chi connectivity index (χ3n) is 4.71. The number of hydrogen-bond acceptors (Lipinski definition) is 1. The van der Waals surface area contributed by atoms with Crippen molar-refractivity contribution in [2.45, 2.75) is 51.9 Å². The minimum Gasteiger partial charge on any atom is -0.330 e. The zero-order valence-electron chi connectivity index (χ0n) is 12.2. The van der Waals surface area contributed by atoms with Gasteiger partial charge in [-0.25, -0.2) is 4.39 Å². The third kappa shape index (κ3) is 3.36. The largest absolute Gasteiger partial charge is 0.330 e. The van der Waals surface area contributed by atoms with Crippen molar-refractivity contribution in [2.24, 2.45) is 17.6 Å². The average Bonchev–Trinajstić information content (AvgIpc) is 2.42. The van der Waals surface area contributed by atoms with Crippen LogP contribution >= 0.6 is 0 Å². The van der Waals surface area contributed by atoms with E-state index in [1.54, 1.807) is 6.07 Å². The molecule has 0 spiro atoms. The second-order valence-electron chi connectivity index (χ2n) is 6.08. The van der Waals surface area contributed by atoms with Gasteiger partial charge in [-0.1, -0.05) is 38.3 Å². The summed E-state index contributed by atoms with van der Waals surface area (Å²) in [5, 5.41) is 0. The van der Waals surface area contributed by atoms with Crippen LogP contribution in [0.15, 0.2) is 18.2 Å². The molecule has 0 saturated heterocycles. The number of nitrogens with two attached hydrogens (primary N) is 1. The molecule has 0 radical (unpaired) electrons. The van der Waals surface area contributed by atoms with Crippen LogP contribution in [0, 0.1) is 24.6 Å². The Hall–Kier alpha value is -0.890. The minimum absolute atomic E-state index is 0.103. The number of hydrogen-bond donors (Lipinski definition) is 1. The van der Waals surface area contributed by atoms with Gasteiger partial charge in [0.05, 0.1) is 0 Å². The van der Waals surface area contributed by atoms with Gasteiger partial charge in [0.25, 0.3) is 0 Å². The van der Waals surface area contributed by atoms with E-state index in [2.05, 4.69) is 6.92 Å². The molecule has 2 heteroatoms. The first-order valence-electron chi connectivity index (χ1n) is 7.61. The van der Waals surface area contributed by atoms with E-state index in [4.69, 9.17) is 5.73 Å². The molecule has 2 rings (SSSR count). The van der Waals surface area contributed by atoms with Gasteiger partial charge in [-0.2, -0.15) is 0 Å². The second-order valence-corrected chi connectivity index (χ2v) is 6.08. The van der Waals surface area contributed by atoms with Crippen LogP contribution in [0.2, 0.25) is 0 Å². The van der Waals surface area contributed by atoms with Crippen molar-refractivity contribution in [1.82, 2.24) is 0 Å². The SMILES string of the molecule is CCCC1CCC(CN)C(c2ccc(F)c(C)c2)C1. The van der Waals surface area contributed by atoms with Crippen LogP contribution in [-0.4, -0.2) is 6.54 Å². The molecule has 1 aromatic carbocycles. The molecule has 2 N–H and O–H groups in total. The summed E-state index contributed by atoms with van der Waals surface area (Å²) < 4.78 is 13.4. The summed E-state index contributed by atoms with van der Waals surface area (Å²) >= 11 is 0. The van der Waals surface area contributed by atoms with Crippen LogP contribution < -0.4 is 5.73 Å². The van der Waals surface area contributed by atoms with Gasteiger partial charge in [-0.15, -0.1) is 0 Å². The summed E-state index contributed by atoms with van der Waals surface area (Å²) in [6.07, 6.45) is 6.33. The molecule has 1 saturated carbocycles. The van der Waals surface area contributed by atoms with Crippen molar-refractivity contribution in [2.75, 3.05) is 6.54 Å². The molecule has 0 aliphatic heterocycles. The molecule has 3 atom stereocenters. The van der Waals surface area contributed by atoms with E-state index >= 15 is 0 Å². The fourth-order valence-corrected chi connectivity index (χ4v) is 3.58. The van der Waals surface area contributed by atoms with Crippen LogP contribution in [0.5, 0.6) is 0 Å². The smallest absolute Gasteiger partial charge is 0.126 e. The molecule has 0 bridgehead atoms. The van der Waals surface area contributed by atoms with E-state index in [-0.39, 0.29) is 5.82 Å². The van der Waals surface area contributed by atoms with Crippen molar-refractivity contribution in [3.05, 3.63) is 35.1 Å². The zero-order valence-corrected chi connectivity index (χ0v) is 12.2. The summed E-state index contributed by atoms with van der Waals surface area (Å²) in [5.41, 5.74) is 7.99. The standard InChI is InChI=1S/C17H26FN/c1-3-4-13-5-6-15(11-19)16(10-13)14-7-8-17(18)12(2)9-14/h7-9,13,15-16H,3-6,10-11,19H2,1-2H3. The topological polar surface area (TPSA) is 26.0 Å². The molecule has 1 aliphatic rings. The summed E-state index contributed by atoms with van der Waals surface area (Å²) in [6.45, 7) is 4.86. The first kappa shape index (κ1) is 14.5. The van der Waals surface area contributed by atoms with E-state index in [1.165, 1.54) is 37.7 Å². The fraction of sp³-hybridized carbons (Fsp3) is 0.647. The van der Waals surface area contributed by atoms with Crippen molar-refractivity contribution in [3.8, 4) is 0 Å². The molecule has 1 nitrogen and oxygen atoms in total. The molecule has 0 heterocycles. The summed E-state index contributed by atoms with van der Waals surface area (Å²) in [5.74, 6) is 1.81. The maximum absolute atomic E-state index is 13.4. The average molecular weight is 263 g/mol. The summed E-state index contributed by atoms with van der Waals surface area (Å²) in [4.78, 5) is 0. The molecular formula is C17H26FN. The van der Waals surface area contributed by atoms with Gasteiger partial charge in [0.15, 0.2) is 0 Å². The first-order valence-corrected chi connectivity index (χ1v) is 7.61. The van der Waals surface area contributed by atoms with Gasteiger partial charge in [-0.3, -0.25) is 0 Å². The number of aryl methyl sites for hydroxylation is 1. The van der Waals surface area contributed by atoms with Crippen LogP contribution in [0.4, 0.5) is 4.39 Å². The molecule has 1 aromatic rings. The number of rotatable bonds is 4. The lowest BCUT2D eigenvalue weighted by Gasteiger charge is -2.36. The monoisotopic (exact) mass is 263 g/mol. The summed E-state index contributed by atoms with van der Waals surface area (Å²) in [6, 6.07) is 5.60. The van der Waals surface area contributed by atoms with Gasteiger partial charge in [-0.05, 0) is 61.3 Å². The van der Waals surface area contributed by atoms with Crippen molar-refractivity contribution >= 4 is 0 Å². The molecule has 3 unspecified atom stereocenters. The van der Waals surface area contributed by atoms with Crippen molar-refractivity contribution in [1.29, 1.82) is 0 Å². The van der Waals surface area contributed by atoms with Crippen LogP contribution in [0.1, 0.15) is 56.1 Å². The molecule has 0 aromatic heterocycles. The van der Waals surface area contributed by atoms with Gasteiger partial charge in [0.2, 0.25) is 0 Å². The van der Waals surface area contributed by atoms with E-state index in [0.717, 1.165) is 18.0 Å². The quantitative estimate of drug-likeness (QED) is 0.856. The highest BCUT2D eigenvalue weighted by Gasteiger charge is 2.30. The van der Waals surface area contributed by atoms with Gasteiger partial charge in [0, 0.05) is 0 Å². The Bertz CT molecular complexity index is 416. The van der Waals surface area contributed by atoms with E-state index in [1.807, 2.05) is 19.1 Å². The Kier molecular flexibility index (Phi) is 4.98. The Morgan fingerprint density at radius 3 is 2.74 bits per heavy atom. The Morgan fingerprint density at radius 1 is 1.32 bits per heavy atom. The molecule has 0 amide bonds. The molecule has 106 valence electrons. The maximum atomic E-state index is 13.4. The fourth-order valence-electron chi connectivity index (χ4n) is 3.58. The van der Waals surface area contributed by atoms with Gasteiger partial charge < -0.3 is 5.73 Å². The first-order chi connectivity index (χ1) is 9.15. The Balaban J connectivity index is 2.19. The van der Waals surface area contributed by atoms with Crippen molar-refractivity contribution < 1.29 is 4.39 Å². The van der Waals surface area contributed by atoms with E-state index in [9.17, 15) is 4.39 Å². The van der Waals surface area contributed by atoms with Crippen LogP contribution in [0.25, 0.3) is 0 Å². The zero-order chi connectivity index (χ0) is 13.8. The highest BCUT2D eigenvalue weighted by molar-refractivity contribution is 5.28. The molecule has 1 aliphatic carbocycles.